The van der Waals surface area contributed by atoms with E-state index in [-0.39, 0.29) is 0 Å². The molecule has 2 aromatic heterocycles. The number of imidazole rings is 1. The first-order valence-corrected chi connectivity index (χ1v) is 10.0. The van der Waals surface area contributed by atoms with Crippen molar-refractivity contribution < 1.29 is 4.79 Å². The van der Waals surface area contributed by atoms with Gasteiger partial charge >= 0.3 is 0 Å². The van der Waals surface area contributed by atoms with E-state index in [1.165, 1.54) is 6.42 Å². The molecule has 4 rings (SSSR count). The average molecular weight is 393 g/mol. The zero-order chi connectivity index (χ0) is 20.2. The minimum Gasteiger partial charge on any atom is -0.366 e. The lowest BCUT2D eigenvalue weighted by molar-refractivity contribution is 0.100. The smallest absolute Gasteiger partial charge is 0.250 e. The number of H-pyrrole nitrogens is 1. The maximum Gasteiger partial charge on any atom is 0.250 e. The van der Waals surface area contributed by atoms with Gasteiger partial charge in [0.05, 0.1) is 11.1 Å². The van der Waals surface area contributed by atoms with Gasteiger partial charge in [-0.3, -0.25) is 4.79 Å². The van der Waals surface area contributed by atoms with Crippen LogP contribution in [-0.4, -0.2) is 72.1 Å². The Morgan fingerprint density at radius 2 is 2.14 bits per heavy atom. The van der Waals surface area contributed by atoms with Gasteiger partial charge in [-0.1, -0.05) is 6.07 Å². The first kappa shape index (κ1) is 19.4. The summed E-state index contributed by atoms with van der Waals surface area (Å²) in [4.78, 5) is 28.7. The summed E-state index contributed by atoms with van der Waals surface area (Å²) in [6, 6.07) is 9.36. The van der Waals surface area contributed by atoms with Crippen LogP contribution in [0.2, 0.25) is 0 Å². The highest BCUT2D eigenvalue weighted by Crippen LogP contribution is 2.23. The van der Waals surface area contributed by atoms with Crippen LogP contribution in [0.4, 0.5) is 5.82 Å². The highest BCUT2D eigenvalue weighted by molar-refractivity contribution is 6.04. The molecule has 0 spiro atoms. The molecular formula is C21H27N7O. The Balaban J connectivity index is 1.45. The van der Waals surface area contributed by atoms with Crippen molar-refractivity contribution in [2.75, 3.05) is 51.2 Å². The Morgan fingerprint density at radius 1 is 1.24 bits per heavy atom. The van der Waals surface area contributed by atoms with E-state index in [9.17, 15) is 4.79 Å². The monoisotopic (exact) mass is 393 g/mol. The number of nitrogens with zero attached hydrogens (tertiary/aromatic N) is 4. The van der Waals surface area contributed by atoms with E-state index in [0.29, 0.717) is 16.9 Å². The normalized spacial score (nSPS) is 15.3. The van der Waals surface area contributed by atoms with Crippen LogP contribution in [0.1, 0.15) is 16.8 Å². The highest BCUT2D eigenvalue weighted by Gasteiger charge is 2.13. The molecule has 0 saturated carbocycles. The van der Waals surface area contributed by atoms with Gasteiger partial charge in [-0.2, -0.15) is 0 Å². The second-order valence-corrected chi connectivity index (χ2v) is 7.42. The van der Waals surface area contributed by atoms with Crippen LogP contribution < -0.4 is 16.0 Å². The summed E-state index contributed by atoms with van der Waals surface area (Å²) in [7, 11) is 2.07. The van der Waals surface area contributed by atoms with Gasteiger partial charge in [-0.15, -0.1) is 0 Å². The van der Waals surface area contributed by atoms with Crippen LogP contribution in [0.15, 0.2) is 36.5 Å². The molecule has 1 aliphatic rings. The number of benzene rings is 1. The molecule has 1 saturated heterocycles. The topological polar surface area (TPSA) is 103 Å². The molecule has 1 amide bonds. The molecule has 8 heteroatoms. The van der Waals surface area contributed by atoms with Crippen LogP contribution in [-0.2, 0) is 0 Å². The molecular weight excluding hydrogens is 366 g/mol. The van der Waals surface area contributed by atoms with Crippen molar-refractivity contribution >= 4 is 22.8 Å². The zero-order valence-electron chi connectivity index (χ0n) is 16.7. The Bertz CT molecular complexity index is 974. The standard InChI is InChI=1S/C21H27N7O/c1-27(12-13-28-10-3-8-23-9-11-28)18-7-6-15(14-24-18)21-25-17-5-2-4-16(20(22)29)19(17)26-21/h2,4-7,14,23H,3,8-13H2,1H3,(H2,22,29)(H,25,26). The summed E-state index contributed by atoms with van der Waals surface area (Å²) in [6.07, 6.45) is 3.01. The third-order valence-electron chi connectivity index (χ3n) is 5.37. The van der Waals surface area contributed by atoms with E-state index in [2.05, 4.69) is 37.1 Å². The van der Waals surface area contributed by atoms with Crippen LogP contribution in [0.5, 0.6) is 0 Å². The number of carbonyl (C=O) groups excluding carboxylic acids is 1. The second-order valence-electron chi connectivity index (χ2n) is 7.42. The number of pyridine rings is 1. The lowest BCUT2D eigenvalue weighted by atomic mass is 10.2. The largest absolute Gasteiger partial charge is 0.366 e. The predicted octanol–water partition coefficient (Wildman–Crippen LogP) is 1.46. The first-order valence-electron chi connectivity index (χ1n) is 10.0. The Labute approximate surface area is 170 Å². The number of nitrogens with one attached hydrogen (secondary N) is 2. The highest BCUT2D eigenvalue weighted by atomic mass is 16.1. The fourth-order valence-corrected chi connectivity index (χ4v) is 3.65. The lowest BCUT2D eigenvalue weighted by Crippen LogP contribution is -2.35. The molecule has 1 fully saturated rings. The number of primary amides is 1. The van der Waals surface area contributed by atoms with Crippen molar-refractivity contribution in [1.29, 1.82) is 0 Å². The molecule has 152 valence electrons. The van der Waals surface area contributed by atoms with Crippen molar-refractivity contribution in [1.82, 2.24) is 25.2 Å². The van der Waals surface area contributed by atoms with Crippen LogP contribution >= 0.6 is 0 Å². The molecule has 0 unspecified atom stereocenters. The van der Waals surface area contributed by atoms with Gasteiger partial charge in [-0.05, 0) is 43.8 Å². The summed E-state index contributed by atoms with van der Waals surface area (Å²) in [5.41, 5.74) is 8.11. The van der Waals surface area contributed by atoms with Gasteiger partial charge in [0, 0.05) is 45.0 Å². The Kier molecular flexibility index (Phi) is 5.73. The average Bonchev–Trinajstić information content (AvgIpc) is 3.00. The summed E-state index contributed by atoms with van der Waals surface area (Å²) in [6.45, 7) is 6.37. The van der Waals surface area contributed by atoms with E-state index in [1.54, 1.807) is 12.1 Å². The molecule has 29 heavy (non-hydrogen) atoms. The number of rotatable bonds is 6. The minimum absolute atomic E-state index is 0.415. The van der Waals surface area contributed by atoms with Gasteiger partial charge in [0.15, 0.2) is 0 Å². The van der Waals surface area contributed by atoms with Crippen molar-refractivity contribution in [3.05, 3.63) is 42.1 Å². The fraction of sp³-hybridized carbons (Fsp3) is 0.381. The van der Waals surface area contributed by atoms with E-state index >= 15 is 0 Å². The molecule has 1 aromatic carbocycles. The molecule has 3 aromatic rings. The maximum absolute atomic E-state index is 11.6. The molecule has 0 radical (unpaired) electrons. The minimum atomic E-state index is -0.482. The van der Waals surface area contributed by atoms with Crippen LogP contribution in [0.25, 0.3) is 22.4 Å². The number of amides is 1. The van der Waals surface area contributed by atoms with E-state index in [4.69, 9.17) is 5.73 Å². The SMILES string of the molecule is CN(CCN1CCCNCC1)c1ccc(-c2nc3c(C(N)=O)cccc3[nH]2)cn1. The number of anilines is 1. The summed E-state index contributed by atoms with van der Waals surface area (Å²) >= 11 is 0. The number of fused-ring (bicyclic) bond motifs is 1. The molecule has 0 atom stereocenters. The zero-order valence-corrected chi connectivity index (χ0v) is 16.7. The molecule has 1 aliphatic heterocycles. The number of hydrogen-bond acceptors (Lipinski definition) is 6. The van der Waals surface area contributed by atoms with Crippen molar-refractivity contribution in [2.45, 2.75) is 6.42 Å². The number of carbonyl (C=O) groups is 1. The Hall–Kier alpha value is -2.97. The van der Waals surface area contributed by atoms with Crippen molar-refractivity contribution in [3.63, 3.8) is 0 Å². The number of para-hydroxylation sites is 1. The van der Waals surface area contributed by atoms with Crippen LogP contribution in [0, 0.1) is 0 Å². The predicted molar refractivity (Wildman–Crippen MR) is 115 cm³/mol. The number of aromatic amines is 1. The summed E-state index contributed by atoms with van der Waals surface area (Å²) in [5.74, 6) is 1.12. The summed E-state index contributed by atoms with van der Waals surface area (Å²) in [5, 5.41) is 3.44. The molecule has 3 heterocycles. The van der Waals surface area contributed by atoms with Crippen molar-refractivity contribution in [3.8, 4) is 11.4 Å². The van der Waals surface area contributed by atoms with E-state index in [0.717, 1.165) is 56.2 Å². The number of nitrogens with two attached hydrogens (primary N) is 1. The lowest BCUT2D eigenvalue weighted by Gasteiger charge is -2.24. The Morgan fingerprint density at radius 3 is 2.93 bits per heavy atom. The van der Waals surface area contributed by atoms with Gasteiger partial charge in [0.2, 0.25) is 0 Å². The van der Waals surface area contributed by atoms with Gasteiger partial charge < -0.3 is 25.8 Å². The molecule has 0 bridgehead atoms. The molecule has 4 N–H and O–H groups in total. The summed E-state index contributed by atoms with van der Waals surface area (Å²) < 4.78 is 0. The third kappa shape index (κ3) is 4.38. The first-order chi connectivity index (χ1) is 14.1. The quantitative estimate of drug-likeness (QED) is 0.586. The van der Waals surface area contributed by atoms with Gasteiger partial charge in [-0.25, -0.2) is 9.97 Å². The molecule has 8 nitrogen and oxygen atoms in total. The number of likely N-dealkylation sites (N-methyl/N-ethyl adjacent to an activating group) is 1. The van der Waals surface area contributed by atoms with E-state index in [1.807, 2.05) is 24.4 Å². The van der Waals surface area contributed by atoms with Gasteiger partial charge in [0.25, 0.3) is 5.91 Å². The molecule has 0 aliphatic carbocycles. The van der Waals surface area contributed by atoms with Crippen molar-refractivity contribution in [2.24, 2.45) is 5.73 Å². The van der Waals surface area contributed by atoms with Gasteiger partial charge in [0.1, 0.15) is 17.2 Å². The van der Waals surface area contributed by atoms with Crippen LogP contribution in [0.3, 0.4) is 0 Å². The maximum atomic E-state index is 11.6. The number of aromatic nitrogens is 3. The third-order valence-corrected chi connectivity index (χ3v) is 5.37. The second kappa shape index (κ2) is 8.59. The fourth-order valence-electron chi connectivity index (χ4n) is 3.65. The number of hydrogen-bond donors (Lipinski definition) is 3. The van der Waals surface area contributed by atoms with E-state index < -0.39 is 5.91 Å².